The minimum Gasteiger partial charge on any atom is -0.365 e. The standard InChI is InChI=1S/C12H15ClN2O2/c1-8-9(4-5-10(13)14-8)15-11(16)12(2)6-3-7-17-12/h4-5H,3,6-7H2,1-2H3,(H,15,16). The maximum absolute atomic E-state index is 12.1. The predicted molar refractivity (Wildman–Crippen MR) is 66.2 cm³/mol. The molecule has 0 aliphatic carbocycles. The van der Waals surface area contributed by atoms with Crippen molar-refractivity contribution in [2.45, 2.75) is 32.3 Å². The minimum atomic E-state index is -0.716. The van der Waals surface area contributed by atoms with Gasteiger partial charge in [0, 0.05) is 6.61 Å². The molecule has 17 heavy (non-hydrogen) atoms. The third kappa shape index (κ3) is 2.58. The summed E-state index contributed by atoms with van der Waals surface area (Å²) in [7, 11) is 0. The molecule has 1 atom stereocenters. The van der Waals surface area contributed by atoms with Crippen molar-refractivity contribution in [1.29, 1.82) is 0 Å². The molecule has 0 aromatic carbocycles. The third-order valence-corrected chi connectivity index (χ3v) is 3.21. The first-order valence-corrected chi connectivity index (χ1v) is 5.98. The summed E-state index contributed by atoms with van der Waals surface area (Å²) >= 11 is 5.76. The second-order valence-electron chi connectivity index (χ2n) is 4.40. The van der Waals surface area contributed by atoms with Crippen LogP contribution in [0.5, 0.6) is 0 Å². The van der Waals surface area contributed by atoms with Crippen LogP contribution in [0.2, 0.25) is 5.15 Å². The highest BCUT2D eigenvalue weighted by Crippen LogP contribution is 2.27. The van der Waals surface area contributed by atoms with Crippen molar-refractivity contribution >= 4 is 23.2 Å². The Bertz CT molecular complexity index is 442. The molecule has 0 spiro atoms. The van der Waals surface area contributed by atoms with Crippen LogP contribution in [-0.4, -0.2) is 23.1 Å². The van der Waals surface area contributed by atoms with Crippen molar-refractivity contribution in [3.8, 4) is 0 Å². The van der Waals surface area contributed by atoms with Crippen LogP contribution in [0.1, 0.15) is 25.5 Å². The van der Waals surface area contributed by atoms with Crippen LogP contribution in [0.25, 0.3) is 0 Å². The van der Waals surface area contributed by atoms with Crippen molar-refractivity contribution in [1.82, 2.24) is 4.98 Å². The largest absolute Gasteiger partial charge is 0.365 e. The molecule has 2 heterocycles. The molecule has 1 N–H and O–H groups in total. The van der Waals surface area contributed by atoms with Crippen LogP contribution >= 0.6 is 11.6 Å². The van der Waals surface area contributed by atoms with Gasteiger partial charge in [-0.05, 0) is 38.8 Å². The molecule has 1 unspecified atom stereocenters. The molecule has 0 radical (unpaired) electrons. The fourth-order valence-corrected chi connectivity index (χ4v) is 2.06. The Morgan fingerprint density at radius 2 is 2.35 bits per heavy atom. The first-order chi connectivity index (χ1) is 8.01. The maximum atomic E-state index is 12.1. The van der Waals surface area contributed by atoms with Gasteiger partial charge in [0.15, 0.2) is 0 Å². The molecule has 1 saturated heterocycles. The topological polar surface area (TPSA) is 51.2 Å². The second kappa shape index (κ2) is 4.63. The molecule has 1 aromatic rings. The highest BCUT2D eigenvalue weighted by Gasteiger charge is 2.37. The number of pyridine rings is 1. The maximum Gasteiger partial charge on any atom is 0.256 e. The van der Waals surface area contributed by atoms with E-state index in [0.717, 1.165) is 12.8 Å². The molecule has 0 bridgehead atoms. The highest BCUT2D eigenvalue weighted by atomic mass is 35.5. The number of ether oxygens (including phenoxy) is 1. The average molecular weight is 255 g/mol. The van der Waals surface area contributed by atoms with Gasteiger partial charge in [0.1, 0.15) is 10.8 Å². The fraction of sp³-hybridized carbons (Fsp3) is 0.500. The SMILES string of the molecule is Cc1nc(Cl)ccc1NC(=O)C1(C)CCCO1. The summed E-state index contributed by atoms with van der Waals surface area (Å²) in [5.74, 6) is -0.123. The number of amides is 1. The first kappa shape index (κ1) is 12.3. The van der Waals surface area contributed by atoms with E-state index in [2.05, 4.69) is 10.3 Å². The molecule has 1 fully saturated rings. The van der Waals surface area contributed by atoms with Gasteiger partial charge < -0.3 is 10.1 Å². The Hall–Kier alpha value is -1.13. The van der Waals surface area contributed by atoms with Crippen LogP contribution in [0.4, 0.5) is 5.69 Å². The zero-order valence-electron chi connectivity index (χ0n) is 9.92. The van der Waals surface area contributed by atoms with Crippen molar-refractivity contribution < 1.29 is 9.53 Å². The number of hydrogen-bond acceptors (Lipinski definition) is 3. The van der Waals surface area contributed by atoms with E-state index in [1.165, 1.54) is 0 Å². The monoisotopic (exact) mass is 254 g/mol. The summed E-state index contributed by atoms with van der Waals surface area (Å²) in [5.41, 5.74) is 0.662. The normalized spacial score (nSPS) is 23.7. The predicted octanol–water partition coefficient (Wildman–Crippen LogP) is 2.55. The number of hydrogen-bond donors (Lipinski definition) is 1. The van der Waals surface area contributed by atoms with Gasteiger partial charge >= 0.3 is 0 Å². The number of carbonyl (C=O) groups is 1. The van der Waals surface area contributed by atoms with E-state index in [1.807, 2.05) is 6.92 Å². The zero-order valence-corrected chi connectivity index (χ0v) is 10.7. The number of anilines is 1. The smallest absolute Gasteiger partial charge is 0.256 e. The van der Waals surface area contributed by atoms with Gasteiger partial charge in [-0.1, -0.05) is 11.6 Å². The Morgan fingerprint density at radius 3 is 2.94 bits per heavy atom. The molecule has 1 aromatic heterocycles. The average Bonchev–Trinajstić information content (AvgIpc) is 2.71. The van der Waals surface area contributed by atoms with Crippen molar-refractivity contribution in [2.24, 2.45) is 0 Å². The molecular weight excluding hydrogens is 240 g/mol. The molecule has 4 nitrogen and oxygen atoms in total. The van der Waals surface area contributed by atoms with Crippen molar-refractivity contribution in [2.75, 3.05) is 11.9 Å². The number of carbonyl (C=O) groups excluding carboxylic acids is 1. The molecule has 0 saturated carbocycles. The lowest BCUT2D eigenvalue weighted by Gasteiger charge is -2.22. The number of aryl methyl sites for hydroxylation is 1. The lowest BCUT2D eigenvalue weighted by Crippen LogP contribution is -2.39. The number of rotatable bonds is 2. The molecule has 92 valence electrons. The third-order valence-electron chi connectivity index (χ3n) is 3.00. The van der Waals surface area contributed by atoms with Gasteiger partial charge in [-0.2, -0.15) is 0 Å². The van der Waals surface area contributed by atoms with E-state index < -0.39 is 5.60 Å². The van der Waals surface area contributed by atoms with Gasteiger partial charge in [-0.3, -0.25) is 4.79 Å². The number of nitrogens with one attached hydrogen (secondary N) is 1. The van der Waals surface area contributed by atoms with Gasteiger partial charge in [-0.25, -0.2) is 4.98 Å². The van der Waals surface area contributed by atoms with Crippen LogP contribution in [0.15, 0.2) is 12.1 Å². The summed E-state index contributed by atoms with van der Waals surface area (Å²) in [6, 6.07) is 3.41. The summed E-state index contributed by atoms with van der Waals surface area (Å²) in [5, 5.41) is 3.25. The lowest BCUT2D eigenvalue weighted by atomic mass is 10.0. The summed E-state index contributed by atoms with van der Waals surface area (Å²) < 4.78 is 5.48. The number of aromatic nitrogens is 1. The Balaban J connectivity index is 2.13. The van der Waals surface area contributed by atoms with Gasteiger partial charge in [0.2, 0.25) is 0 Å². The Kier molecular flexibility index (Phi) is 3.35. The first-order valence-electron chi connectivity index (χ1n) is 5.60. The number of halogens is 1. The van der Waals surface area contributed by atoms with Crippen LogP contribution in [0, 0.1) is 6.92 Å². The minimum absolute atomic E-state index is 0.123. The number of nitrogens with zero attached hydrogens (tertiary/aromatic N) is 1. The summed E-state index contributed by atoms with van der Waals surface area (Å²) in [4.78, 5) is 16.2. The quantitative estimate of drug-likeness (QED) is 0.826. The molecule has 1 aliphatic rings. The highest BCUT2D eigenvalue weighted by molar-refractivity contribution is 6.29. The van der Waals surface area contributed by atoms with E-state index in [0.29, 0.717) is 23.1 Å². The fourth-order valence-electron chi connectivity index (χ4n) is 1.88. The molecule has 2 rings (SSSR count). The van der Waals surface area contributed by atoms with E-state index in [4.69, 9.17) is 16.3 Å². The van der Waals surface area contributed by atoms with Gasteiger partial charge in [-0.15, -0.1) is 0 Å². The zero-order chi connectivity index (χ0) is 12.5. The van der Waals surface area contributed by atoms with E-state index in [9.17, 15) is 4.79 Å². The molecule has 1 aliphatic heterocycles. The van der Waals surface area contributed by atoms with Crippen LogP contribution in [0.3, 0.4) is 0 Å². The Morgan fingerprint density at radius 1 is 1.59 bits per heavy atom. The molecule has 5 heteroatoms. The summed E-state index contributed by atoms with van der Waals surface area (Å²) in [6.07, 6.45) is 1.67. The van der Waals surface area contributed by atoms with Crippen molar-refractivity contribution in [3.63, 3.8) is 0 Å². The second-order valence-corrected chi connectivity index (χ2v) is 4.79. The van der Waals surface area contributed by atoms with Gasteiger partial charge in [0.25, 0.3) is 5.91 Å². The van der Waals surface area contributed by atoms with E-state index in [1.54, 1.807) is 19.1 Å². The van der Waals surface area contributed by atoms with Gasteiger partial charge in [0.05, 0.1) is 11.4 Å². The summed E-state index contributed by atoms with van der Waals surface area (Å²) in [6.45, 7) is 4.26. The van der Waals surface area contributed by atoms with Crippen LogP contribution in [-0.2, 0) is 9.53 Å². The molecule has 1 amide bonds. The van der Waals surface area contributed by atoms with Crippen molar-refractivity contribution in [3.05, 3.63) is 23.0 Å². The molecular formula is C12H15ClN2O2. The van der Waals surface area contributed by atoms with E-state index >= 15 is 0 Å². The van der Waals surface area contributed by atoms with Crippen LogP contribution < -0.4 is 5.32 Å². The Labute approximate surface area is 105 Å². The lowest BCUT2D eigenvalue weighted by molar-refractivity contribution is -0.133. The van der Waals surface area contributed by atoms with E-state index in [-0.39, 0.29) is 5.91 Å².